The Morgan fingerprint density at radius 3 is 2.47 bits per heavy atom. The standard InChI is InChI=1S/C28H27NO3/c30-28-23(20-10-3-1-4-11-20)19-31-24-15-9-16-25(27(24)28)32-26(21-12-5-2-6-13-21)18-22-14-7-8-17-29-22/h1-6,9-13,15-16,19,22,26,29H,7-8,14,17-18H2. The van der Waals surface area contributed by atoms with Crippen molar-refractivity contribution < 1.29 is 9.15 Å². The number of piperidine rings is 1. The van der Waals surface area contributed by atoms with Gasteiger partial charge in [0.2, 0.25) is 5.43 Å². The highest BCUT2D eigenvalue weighted by Gasteiger charge is 2.23. The molecule has 0 radical (unpaired) electrons. The molecule has 1 aromatic heterocycles. The lowest BCUT2D eigenvalue weighted by atomic mass is 9.95. The van der Waals surface area contributed by atoms with Crippen molar-refractivity contribution in [3.8, 4) is 16.9 Å². The van der Waals surface area contributed by atoms with Crippen LogP contribution in [0.25, 0.3) is 22.1 Å². The molecule has 32 heavy (non-hydrogen) atoms. The first-order chi connectivity index (χ1) is 15.8. The molecule has 2 unspecified atom stereocenters. The van der Waals surface area contributed by atoms with E-state index < -0.39 is 0 Å². The molecule has 0 aliphatic carbocycles. The van der Waals surface area contributed by atoms with Crippen molar-refractivity contribution in [1.29, 1.82) is 0 Å². The molecule has 4 heteroatoms. The highest BCUT2D eigenvalue weighted by Crippen LogP contribution is 2.32. The van der Waals surface area contributed by atoms with Crippen molar-refractivity contribution in [1.82, 2.24) is 5.32 Å². The quantitative estimate of drug-likeness (QED) is 0.405. The van der Waals surface area contributed by atoms with Gasteiger partial charge >= 0.3 is 0 Å². The van der Waals surface area contributed by atoms with Gasteiger partial charge in [-0.15, -0.1) is 0 Å². The van der Waals surface area contributed by atoms with Gasteiger partial charge in [0.15, 0.2) is 0 Å². The SMILES string of the molecule is O=c1c(-c2ccccc2)coc2cccc(OC(CC3CCCCN3)c3ccccc3)c12. The summed E-state index contributed by atoms with van der Waals surface area (Å²) in [5.41, 5.74) is 2.95. The number of hydrogen-bond acceptors (Lipinski definition) is 4. The summed E-state index contributed by atoms with van der Waals surface area (Å²) in [6.45, 7) is 1.05. The van der Waals surface area contributed by atoms with Crippen LogP contribution in [0, 0.1) is 0 Å². The van der Waals surface area contributed by atoms with Gasteiger partial charge in [0, 0.05) is 12.5 Å². The Hall–Kier alpha value is -3.37. The molecule has 0 amide bonds. The van der Waals surface area contributed by atoms with Crippen molar-refractivity contribution >= 4 is 11.0 Å². The maximum Gasteiger partial charge on any atom is 0.204 e. The predicted octanol–water partition coefficient (Wildman–Crippen LogP) is 6.11. The number of hydrogen-bond donors (Lipinski definition) is 1. The Kier molecular flexibility index (Phi) is 6.04. The molecule has 1 aliphatic heterocycles. The summed E-state index contributed by atoms with van der Waals surface area (Å²) in [5.74, 6) is 0.568. The molecule has 0 spiro atoms. The molecule has 162 valence electrons. The first kappa shape index (κ1) is 20.5. The molecule has 1 saturated heterocycles. The summed E-state index contributed by atoms with van der Waals surface area (Å²) in [6.07, 6.45) is 5.84. The Morgan fingerprint density at radius 2 is 1.72 bits per heavy atom. The van der Waals surface area contributed by atoms with Crippen LogP contribution in [-0.2, 0) is 0 Å². The third kappa shape index (κ3) is 4.32. The van der Waals surface area contributed by atoms with Gasteiger partial charge in [0.05, 0.1) is 5.56 Å². The maximum absolute atomic E-state index is 13.5. The van der Waals surface area contributed by atoms with Crippen LogP contribution in [0.3, 0.4) is 0 Å². The summed E-state index contributed by atoms with van der Waals surface area (Å²) in [7, 11) is 0. The van der Waals surface area contributed by atoms with Gasteiger partial charge in [0.25, 0.3) is 0 Å². The number of rotatable bonds is 6. The molecule has 2 atom stereocenters. The van der Waals surface area contributed by atoms with E-state index in [-0.39, 0.29) is 11.5 Å². The second kappa shape index (κ2) is 9.41. The summed E-state index contributed by atoms with van der Waals surface area (Å²) in [4.78, 5) is 13.5. The van der Waals surface area contributed by atoms with Gasteiger partial charge in [-0.1, -0.05) is 73.2 Å². The zero-order valence-electron chi connectivity index (χ0n) is 18.0. The lowest BCUT2D eigenvalue weighted by Crippen LogP contribution is -2.36. The summed E-state index contributed by atoms with van der Waals surface area (Å²) in [5, 5.41) is 4.12. The van der Waals surface area contributed by atoms with Gasteiger partial charge in [0.1, 0.15) is 29.1 Å². The molecule has 1 fully saturated rings. The first-order valence-electron chi connectivity index (χ1n) is 11.3. The monoisotopic (exact) mass is 425 g/mol. The van der Waals surface area contributed by atoms with Gasteiger partial charge in [-0.2, -0.15) is 0 Å². The topological polar surface area (TPSA) is 51.5 Å². The summed E-state index contributed by atoms with van der Waals surface area (Å²) in [6, 6.07) is 25.9. The van der Waals surface area contributed by atoms with Gasteiger partial charge in [-0.3, -0.25) is 4.79 Å². The second-order valence-corrected chi connectivity index (χ2v) is 8.37. The van der Waals surface area contributed by atoms with E-state index >= 15 is 0 Å². The van der Waals surface area contributed by atoms with E-state index in [9.17, 15) is 4.79 Å². The Morgan fingerprint density at radius 1 is 0.938 bits per heavy atom. The molecule has 4 nitrogen and oxygen atoms in total. The normalized spacial score (nSPS) is 17.2. The van der Waals surface area contributed by atoms with Crippen molar-refractivity contribution in [2.24, 2.45) is 0 Å². The fraction of sp³-hybridized carbons (Fsp3) is 0.250. The fourth-order valence-electron chi connectivity index (χ4n) is 4.52. The zero-order chi connectivity index (χ0) is 21.8. The molecule has 4 aromatic rings. The van der Waals surface area contributed by atoms with E-state index in [0.717, 1.165) is 30.5 Å². The summed E-state index contributed by atoms with van der Waals surface area (Å²) < 4.78 is 12.5. The molecule has 3 aromatic carbocycles. The molecule has 1 N–H and O–H groups in total. The van der Waals surface area contributed by atoms with E-state index in [1.807, 2.05) is 66.7 Å². The fourth-order valence-corrected chi connectivity index (χ4v) is 4.52. The van der Waals surface area contributed by atoms with Crippen molar-refractivity contribution in [2.45, 2.75) is 37.8 Å². The van der Waals surface area contributed by atoms with Crippen molar-refractivity contribution in [3.05, 3.63) is 101 Å². The van der Waals surface area contributed by atoms with Crippen LogP contribution >= 0.6 is 0 Å². The van der Waals surface area contributed by atoms with Crippen LogP contribution in [0.5, 0.6) is 5.75 Å². The average Bonchev–Trinajstić information content (AvgIpc) is 2.86. The minimum Gasteiger partial charge on any atom is -0.485 e. The minimum atomic E-state index is -0.155. The van der Waals surface area contributed by atoms with Crippen LogP contribution in [0.1, 0.15) is 37.4 Å². The van der Waals surface area contributed by atoms with Crippen LogP contribution in [0.15, 0.2) is 94.3 Å². The number of ether oxygens (including phenoxy) is 1. The van der Waals surface area contributed by atoms with E-state index in [2.05, 4.69) is 17.4 Å². The average molecular weight is 426 g/mol. The maximum atomic E-state index is 13.5. The molecule has 2 heterocycles. The third-order valence-electron chi connectivity index (χ3n) is 6.20. The van der Waals surface area contributed by atoms with Gasteiger partial charge < -0.3 is 14.5 Å². The van der Waals surface area contributed by atoms with E-state index in [1.165, 1.54) is 12.8 Å². The molecule has 5 rings (SSSR count). The zero-order valence-corrected chi connectivity index (χ0v) is 18.0. The number of benzene rings is 3. The van der Waals surface area contributed by atoms with Crippen LogP contribution in [-0.4, -0.2) is 12.6 Å². The van der Waals surface area contributed by atoms with E-state index in [0.29, 0.717) is 28.3 Å². The molecular weight excluding hydrogens is 398 g/mol. The molecule has 0 saturated carbocycles. The highest BCUT2D eigenvalue weighted by atomic mass is 16.5. The van der Waals surface area contributed by atoms with Crippen LogP contribution in [0.2, 0.25) is 0 Å². The second-order valence-electron chi connectivity index (χ2n) is 8.37. The smallest absolute Gasteiger partial charge is 0.204 e. The van der Waals surface area contributed by atoms with E-state index in [4.69, 9.17) is 9.15 Å². The molecular formula is C28H27NO3. The van der Waals surface area contributed by atoms with E-state index in [1.54, 1.807) is 6.26 Å². The number of nitrogens with one attached hydrogen (secondary N) is 1. The third-order valence-corrected chi connectivity index (χ3v) is 6.20. The van der Waals surface area contributed by atoms with Crippen molar-refractivity contribution in [2.75, 3.05) is 6.54 Å². The molecule has 0 bridgehead atoms. The molecule has 1 aliphatic rings. The highest BCUT2D eigenvalue weighted by molar-refractivity contribution is 5.87. The lowest BCUT2D eigenvalue weighted by Gasteiger charge is -2.28. The Labute approximate surface area is 187 Å². The van der Waals surface area contributed by atoms with Gasteiger partial charge in [-0.25, -0.2) is 0 Å². The number of fused-ring (bicyclic) bond motifs is 1. The van der Waals surface area contributed by atoms with Crippen LogP contribution in [0.4, 0.5) is 0 Å². The van der Waals surface area contributed by atoms with Gasteiger partial charge in [-0.05, 0) is 42.6 Å². The Bertz CT molecular complexity index is 1230. The lowest BCUT2D eigenvalue weighted by molar-refractivity contribution is 0.171. The predicted molar refractivity (Wildman–Crippen MR) is 128 cm³/mol. The Balaban J connectivity index is 1.55. The van der Waals surface area contributed by atoms with Crippen LogP contribution < -0.4 is 15.5 Å². The minimum absolute atomic E-state index is 0.0735. The largest absolute Gasteiger partial charge is 0.485 e. The van der Waals surface area contributed by atoms with Crippen molar-refractivity contribution in [3.63, 3.8) is 0 Å². The summed E-state index contributed by atoms with van der Waals surface area (Å²) >= 11 is 0. The first-order valence-corrected chi connectivity index (χ1v) is 11.3.